The summed E-state index contributed by atoms with van der Waals surface area (Å²) < 4.78 is 10.4. The molecule has 4 nitrogen and oxygen atoms in total. The number of aliphatic imine (C=N–C) groups is 1. The van der Waals surface area contributed by atoms with Gasteiger partial charge in [-0.15, -0.1) is 0 Å². The van der Waals surface area contributed by atoms with Crippen LogP contribution in [0.3, 0.4) is 0 Å². The number of hydrogen-bond donors (Lipinski definition) is 0. The molecule has 1 aliphatic heterocycles. The molecule has 1 aromatic carbocycles. The van der Waals surface area contributed by atoms with Crippen molar-refractivity contribution in [1.29, 1.82) is 0 Å². The van der Waals surface area contributed by atoms with E-state index >= 15 is 0 Å². The van der Waals surface area contributed by atoms with Gasteiger partial charge in [0.25, 0.3) is 0 Å². The monoisotopic (exact) mass is 275 g/mol. The number of carbonyl (C=O) groups is 1. The highest BCUT2D eigenvalue weighted by molar-refractivity contribution is 6.03. The van der Waals surface area contributed by atoms with Crippen molar-refractivity contribution in [3.8, 4) is 0 Å². The molecule has 0 radical (unpaired) electrons. The van der Waals surface area contributed by atoms with Gasteiger partial charge in [-0.3, -0.25) is 9.79 Å². The first-order valence-electron chi connectivity index (χ1n) is 6.94. The Labute approximate surface area is 119 Å². The standard InChI is InChI=1S/C16H21NO3/c1-11(13-7-5-4-6-8-13)17-14-9-10-20-12(2)15(14)16(18)19-3/h4-8,11-12,15H,9-10H2,1-3H3/t11-,12?,15?/m1/s1. The van der Waals surface area contributed by atoms with Gasteiger partial charge in [0.05, 0.1) is 25.9 Å². The third-order valence-corrected chi connectivity index (χ3v) is 3.66. The van der Waals surface area contributed by atoms with E-state index in [-0.39, 0.29) is 24.0 Å². The number of esters is 1. The van der Waals surface area contributed by atoms with Gasteiger partial charge in [0, 0.05) is 12.1 Å². The maximum atomic E-state index is 11.9. The van der Waals surface area contributed by atoms with Gasteiger partial charge in [-0.1, -0.05) is 30.3 Å². The Kier molecular flexibility index (Phi) is 4.90. The quantitative estimate of drug-likeness (QED) is 0.797. The third-order valence-electron chi connectivity index (χ3n) is 3.66. The maximum Gasteiger partial charge on any atom is 0.317 e. The normalized spacial score (nSPS) is 26.2. The first-order valence-corrected chi connectivity index (χ1v) is 6.94. The number of ether oxygens (including phenoxy) is 2. The van der Waals surface area contributed by atoms with Crippen molar-refractivity contribution in [2.45, 2.75) is 32.4 Å². The van der Waals surface area contributed by atoms with E-state index < -0.39 is 0 Å². The van der Waals surface area contributed by atoms with Crippen LogP contribution in [0.5, 0.6) is 0 Å². The number of benzene rings is 1. The van der Waals surface area contributed by atoms with Crippen LogP contribution in [0.15, 0.2) is 35.3 Å². The Morgan fingerprint density at radius 1 is 1.40 bits per heavy atom. The lowest BCUT2D eigenvalue weighted by Crippen LogP contribution is -2.41. The lowest BCUT2D eigenvalue weighted by molar-refractivity contribution is -0.148. The van der Waals surface area contributed by atoms with Gasteiger partial charge < -0.3 is 9.47 Å². The van der Waals surface area contributed by atoms with E-state index in [2.05, 4.69) is 0 Å². The number of hydrogen-bond acceptors (Lipinski definition) is 4. The van der Waals surface area contributed by atoms with Crippen LogP contribution in [0.2, 0.25) is 0 Å². The fourth-order valence-corrected chi connectivity index (χ4v) is 2.53. The highest BCUT2D eigenvalue weighted by atomic mass is 16.5. The van der Waals surface area contributed by atoms with Gasteiger partial charge in [0.2, 0.25) is 0 Å². The first kappa shape index (κ1) is 14.7. The molecule has 0 aromatic heterocycles. The number of methoxy groups -OCH3 is 1. The molecule has 1 aliphatic rings. The van der Waals surface area contributed by atoms with Gasteiger partial charge in [-0.2, -0.15) is 0 Å². The summed E-state index contributed by atoms with van der Waals surface area (Å²) in [4.78, 5) is 16.7. The molecule has 3 atom stereocenters. The Morgan fingerprint density at radius 3 is 2.75 bits per heavy atom. The predicted octanol–water partition coefficient (Wildman–Crippen LogP) is 2.79. The average Bonchev–Trinajstić information content (AvgIpc) is 2.47. The molecule has 20 heavy (non-hydrogen) atoms. The SMILES string of the molecule is COC(=O)C1C(=N[C@H](C)c2ccccc2)CCOC1C. The van der Waals surface area contributed by atoms with E-state index in [4.69, 9.17) is 14.5 Å². The lowest BCUT2D eigenvalue weighted by atomic mass is 9.92. The van der Waals surface area contributed by atoms with Gasteiger partial charge in [0.1, 0.15) is 5.92 Å². The maximum absolute atomic E-state index is 11.9. The van der Waals surface area contributed by atoms with Crippen LogP contribution < -0.4 is 0 Å². The molecule has 0 amide bonds. The van der Waals surface area contributed by atoms with E-state index in [0.717, 1.165) is 11.3 Å². The second-order valence-corrected chi connectivity index (χ2v) is 5.03. The van der Waals surface area contributed by atoms with Gasteiger partial charge in [-0.25, -0.2) is 0 Å². The summed E-state index contributed by atoms with van der Waals surface area (Å²) in [6.07, 6.45) is 0.499. The van der Waals surface area contributed by atoms with Crippen molar-refractivity contribution in [2.24, 2.45) is 10.9 Å². The van der Waals surface area contributed by atoms with Crippen LogP contribution in [0.4, 0.5) is 0 Å². The van der Waals surface area contributed by atoms with Gasteiger partial charge >= 0.3 is 5.97 Å². The number of nitrogens with zero attached hydrogens (tertiary/aromatic N) is 1. The van der Waals surface area contributed by atoms with E-state index in [0.29, 0.717) is 13.0 Å². The minimum absolute atomic E-state index is 0.0312. The minimum Gasteiger partial charge on any atom is -0.468 e. The highest BCUT2D eigenvalue weighted by Gasteiger charge is 2.35. The minimum atomic E-state index is -0.389. The highest BCUT2D eigenvalue weighted by Crippen LogP contribution is 2.24. The summed E-state index contributed by atoms with van der Waals surface area (Å²) in [7, 11) is 1.40. The fraction of sp³-hybridized carbons (Fsp3) is 0.500. The van der Waals surface area contributed by atoms with Crippen molar-refractivity contribution >= 4 is 11.7 Å². The van der Waals surface area contributed by atoms with Crippen molar-refractivity contribution in [3.05, 3.63) is 35.9 Å². The summed E-state index contributed by atoms with van der Waals surface area (Å²) in [6.45, 7) is 4.54. The molecule has 108 valence electrons. The van der Waals surface area contributed by atoms with Crippen LogP contribution >= 0.6 is 0 Å². The van der Waals surface area contributed by atoms with Crippen molar-refractivity contribution < 1.29 is 14.3 Å². The third kappa shape index (κ3) is 3.25. The molecular formula is C16H21NO3. The zero-order chi connectivity index (χ0) is 14.5. The summed E-state index contributed by atoms with van der Waals surface area (Å²) in [6, 6.07) is 10.1. The molecule has 4 heteroatoms. The summed E-state index contributed by atoms with van der Waals surface area (Å²) in [5.41, 5.74) is 2.02. The first-order chi connectivity index (χ1) is 9.63. The molecule has 0 saturated carbocycles. The Morgan fingerprint density at radius 2 is 2.10 bits per heavy atom. The molecule has 2 rings (SSSR count). The second-order valence-electron chi connectivity index (χ2n) is 5.03. The average molecular weight is 275 g/mol. The molecular weight excluding hydrogens is 254 g/mol. The summed E-state index contributed by atoms with van der Waals surface area (Å²) in [5, 5.41) is 0. The van der Waals surface area contributed by atoms with E-state index in [9.17, 15) is 4.79 Å². The molecule has 1 saturated heterocycles. The molecule has 2 unspecified atom stereocenters. The van der Waals surface area contributed by atoms with E-state index in [1.54, 1.807) is 0 Å². The second kappa shape index (κ2) is 6.66. The van der Waals surface area contributed by atoms with E-state index in [1.807, 2.05) is 44.2 Å². The Bertz CT molecular complexity index is 484. The zero-order valence-corrected chi connectivity index (χ0v) is 12.2. The van der Waals surface area contributed by atoms with Crippen LogP contribution in [-0.4, -0.2) is 31.5 Å². The molecule has 1 aromatic rings. The largest absolute Gasteiger partial charge is 0.468 e. The van der Waals surface area contributed by atoms with Crippen LogP contribution in [-0.2, 0) is 14.3 Å². The molecule has 0 bridgehead atoms. The van der Waals surface area contributed by atoms with Crippen LogP contribution in [0, 0.1) is 5.92 Å². The van der Waals surface area contributed by atoms with Crippen molar-refractivity contribution in [3.63, 3.8) is 0 Å². The lowest BCUT2D eigenvalue weighted by Gasteiger charge is -2.29. The molecule has 0 spiro atoms. The molecule has 0 N–H and O–H groups in total. The fourth-order valence-electron chi connectivity index (χ4n) is 2.53. The van der Waals surface area contributed by atoms with Gasteiger partial charge in [-0.05, 0) is 19.4 Å². The predicted molar refractivity (Wildman–Crippen MR) is 77.8 cm³/mol. The van der Waals surface area contributed by atoms with Crippen LogP contribution in [0.1, 0.15) is 31.9 Å². The number of carbonyl (C=O) groups excluding carboxylic acids is 1. The summed E-state index contributed by atoms with van der Waals surface area (Å²) >= 11 is 0. The van der Waals surface area contributed by atoms with Crippen molar-refractivity contribution in [2.75, 3.05) is 13.7 Å². The Balaban J connectivity index is 2.23. The number of rotatable bonds is 3. The van der Waals surface area contributed by atoms with E-state index in [1.165, 1.54) is 7.11 Å². The van der Waals surface area contributed by atoms with Gasteiger partial charge in [0.15, 0.2) is 0 Å². The van der Waals surface area contributed by atoms with Crippen LogP contribution in [0.25, 0.3) is 0 Å². The molecule has 1 fully saturated rings. The molecule has 0 aliphatic carbocycles. The smallest absolute Gasteiger partial charge is 0.317 e. The zero-order valence-electron chi connectivity index (χ0n) is 12.2. The topological polar surface area (TPSA) is 47.9 Å². The van der Waals surface area contributed by atoms with Crippen molar-refractivity contribution in [1.82, 2.24) is 0 Å². The molecule has 1 heterocycles. The Hall–Kier alpha value is -1.68. The summed E-state index contributed by atoms with van der Waals surface area (Å²) in [5.74, 6) is -0.656.